The van der Waals surface area contributed by atoms with Gasteiger partial charge in [0.25, 0.3) is 5.56 Å². The molecule has 0 fully saturated rings. The van der Waals surface area contributed by atoms with Crippen LogP contribution in [-0.2, 0) is 36.1 Å². The summed E-state index contributed by atoms with van der Waals surface area (Å²) in [6.45, 7) is -5.96. The second-order valence-electron chi connectivity index (χ2n) is 10.8. The average Bonchev–Trinajstić information content (AvgIpc) is 3.66. The second-order valence-corrected chi connectivity index (χ2v) is 11.7. The first kappa shape index (κ1) is 23.4. The molecule has 1 atom stereocenters. The van der Waals surface area contributed by atoms with Crippen LogP contribution in [0, 0.1) is 5.82 Å². The van der Waals surface area contributed by atoms with Crippen LogP contribution < -0.4 is 5.56 Å². The van der Waals surface area contributed by atoms with Crippen molar-refractivity contribution < 1.29 is 37.4 Å². The predicted octanol–water partition coefficient (Wildman–Crippen LogP) is 7.78. The summed E-state index contributed by atoms with van der Waals surface area (Å²) < 4.78 is 152. The lowest BCUT2D eigenvalue weighted by Gasteiger charge is -2.33. The molecule has 1 aliphatic rings. The van der Waals surface area contributed by atoms with Crippen LogP contribution in [0.15, 0.2) is 82.7 Å². The van der Waals surface area contributed by atoms with Crippen molar-refractivity contribution in [2.45, 2.75) is 69.6 Å². The first-order valence-electron chi connectivity index (χ1n) is 20.7. The maximum Gasteiger partial charge on any atom is 0.416 e. The third-order valence-electron chi connectivity index (χ3n) is 7.77. The van der Waals surface area contributed by atoms with E-state index in [4.69, 9.17) is 8.22 Å². The number of fused-ring (bicyclic) bond motifs is 1. The third kappa shape index (κ3) is 8.36. The maximum absolute atomic E-state index is 15.1. The van der Waals surface area contributed by atoms with E-state index in [0.29, 0.717) is 29.3 Å². The summed E-state index contributed by atoms with van der Waals surface area (Å²) in [6, 6.07) is 3.61. The molecule has 0 N–H and O–H groups in total. The number of hydrogen-bond acceptors (Lipinski definition) is 5. The summed E-state index contributed by atoms with van der Waals surface area (Å²) >= 11 is 0.545. The molecule has 5 rings (SSSR count). The van der Waals surface area contributed by atoms with E-state index in [-0.39, 0.29) is 53.2 Å². The highest BCUT2D eigenvalue weighted by atomic mass is 32.2. The van der Waals surface area contributed by atoms with E-state index in [1.165, 1.54) is 36.4 Å². The fourth-order valence-corrected chi connectivity index (χ4v) is 5.94. The maximum atomic E-state index is 15.1. The molecular weight excluding hydrogens is 640 g/mol. The lowest BCUT2D eigenvalue weighted by atomic mass is 9.99. The molecule has 48 heavy (non-hydrogen) atoms. The van der Waals surface area contributed by atoms with Crippen molar-refractivity contribution in [3.63, 3.8) is 0 Å². The first-order chi connectivity index (χ1) is 27.3. The molecule has 1 aromatic heterocycles. The number of amides is 1. The molecule has 0 saturated carbocycles. The number of likely N-dealkylation sites (N-methyl/N-ethyl adjacent to an activating group) is 1. The number of thioether (sulfide) groups is 1. The molecule has 0 saturated heterocycles. The van der Waals surface area contributed by atoms with Crippen molar-refractivity contribution >= 4 is 17.7 Å². The zero-order valence-electron chi connectivity index (χ0n) is 37.4. The number of aromatic nitrogens is 2. The highest BCUT2D eigenvalue weighted by Gasteiger charge is 2.30. The number of carbonyl (C=O) groups excluding carboxylic acids is 1. The van der Waals surface area contributed by atoms with Crippen LogP contribution in [0.1, 0.15) is 76.2 Å². The highest BCUT2D eigenvalue weighted by molar-refractivity contribution is 7.98. The Hall–Kier alpha value is -3.96. The Labute approximate surface area is 298 Å². The molecule has 3 aromatic carbocycles. The minimum atomic E-state index is -4.57. The van der Waals surface area contributed by atoms with Gasteiger partial charge in [0.2, 0.25) is 5.91 Å². The lowest BCUT2D eigenvalue weighted by molar-refractivity contribution is -0.137. The highest BCUT2D eigenvalue weighted by Crippen LogP contribution is 2.32. The SMILES string of the molecule is [2H]c1c([2H])c(CSc2nc(=O)c3c(n2C([2H])([2H])C(=O)N(C([2H])(C)c2ccc(-c4ccc(C(F)(F)F)cc4)cc2)C([2H])([2H])C([2H])([2H])N(CC)CC)CCC3)c([2H])c([2H])c1F. The zero-order chi connectivity index (χ0) is 44.2. The average molecular weight is 692 g/mol. The van der Waals surface area contributed by atoms with Crippen molar-refractivity contribution in [1.82, 2.24) is 19.4 Å². The van der Waals surface area contributed by atoms with Crippen LogP contribution in [0.3, 0.4) is 0 Å². The molecule has 4 aromatic rings. The van der Waals surface area contributed by atoms with Gasteiger partial charge < -0.3 is 14.4 Å². The fourth-order valence-electron chi connectivity index (χ4n) is 5.09. The quantitative estimate of drug-likeness (QED) is 0.0815. The molecule has 1 unspecified atom stereocenters. The van der Waals surface area contributed by atoms with Gasteiger partial charge in [0.05, 0.1) is 23.9 Å². The van der Waals surface area contributed by atoms with E-state index in [1.54, 1.807) is 13.8 Å². The Morgan fingerprint density at radius 3 is 2.25 bits per heavy atom. The normalized spacial score (nSPS) is 18.4. The number of nitrogens with zero attached hydrogens (tertiary/aromatic N) is 4. The molecule has 1 amide bonds. The molecule has 0 bridgehead atoms. The number of benzene rings is 3. The standard InChI is InChI=1S/C37H40F4N4O2S/c1-4-43(5-2)21-22-44(25(3)27-11-13-28(14-12-27)29-15-17-30(18-16-29)37(39,40)41)34(46)23-45-33-8-6-7-32(33)35(47)42-36(45)48-24-26-9-19-31(38)20-10-26/h9-20,25H,4-8,21-24H2,1-3H3/i9D,10D,19D,20D,21D2,22D2,23D2,25D. The fraction of sp³-hybridized carbons (Fsp3) is 0.378. The van der Waals surface area contributed by atoms with Gasteiger partial charge in [-0.3, -0.25) is 9.59 Å². The molecule has 0 aliphatic heterocycles. The van der Waals surface area contributed by atoms with E-state index in [1.807, 2.05) is 0 Å². The Kier molecular flexibility index (Phi) is 7.56. The van der Waals surface area contributed by atoms with E-state index in [2.05, 4.69) is 4.98 Å². The van der Waals surface area contributed by atoms with E-state index >= 15 is 4.79 Å². The molecule has 254 valence electrons. The van der Waals surface area contributed by atoms with Crippen LogP contribution in [0.2, 0.25) is 0 Å². The van der Waals surface area contributed by atoms with Crippen molar-refractivity contribution in [2.75, 3.05) is 26.1 Å². The Bertz CT molecular complexity index is 2280. The minimum absolute atomic E-state index is 0.00403. The summed E-state index contributed by atoms with van der Waals surface area (Å²) in [5.74, 6) is -3.66. The summed E-state index contributed by atoms with van der Waals surface area (Å²) in [6.07, 6.45) is -4.06. The topological polar surface area (TPSA) is 58.4 Å². The van der Waals surface area contributed by atoms with Gasteiger partial charge in [-0.1, -0.05) is 74.1 Å². The van der Waals surface area contributed by atoms with Gasteiger partial charge in [0, 0.05) is 32.7 Å². The smallest absolute Gasteiger partial charge is 0.333 e. The van der Waals surface area contributed by atoms with Crippen molar-refractivity contribution in [2.24, 2.45) is 0 Å². The lowest BCUT2D eigenvalue weighted by Crippen LogP contribution is -2.42. The summed E-state index contributed by atoms with van der Waals surface area (Å²) in [5, 5.41) is -0.491. The number of rotatable bonds is 13. The second kappa shape index (κ2) is 15.5. The Morgan fingerprint density at radius 2 is 1.65 bits per heavy atom. The van der Waals surface area contributed by atoms with Crippen LogP contribution in [0.25, 0.3) is 11.1 Å². The predicted molar refractivity (Wildman–Crippen MR) is 181 cm³/mol. The zero-order valence-corrected chi connectivity index (χ0v) is 27.2. The molecule has 6 nitrogen and oxygen atoms in total. The van der Waals surface area contributed by atoms with Gasteiger partial charge in [-0.2, -0.15) is 18.2 Å². The number of hydrogen-bond donors (Lipinski definition) is 0. The summed E-state index contributed by atoms with van der Waals surface area (Å²) in [4.78, 5) is 33.5. The Morgan fingerprint density at radius 1 is 1.02 bits per heavy atom. The van der Waals surface area contributed by atoms with Crippen LogP contribution >= 0.6 is 11.8 Å². The molecule has 0 radical (unpaired) electrons. The summed E-state index contributed by atoms with van der Waals surface area (Å²) in [7, 11) is 0. The minimum Gasteiger partial charge on any atom is -0.333 e. The van der Waals surface area contributed by atoms with Gasteiger partial charge in [0.15, 0.2) is 5.16 Å². The van der Waals surface area contributed by atoms with Crippen molar-refractivity contribution in [3.05, 3.63) is 117 Å². The van der Waals surface area contributed by atoms with Gasteiger partial charge in [-0.15, -0.1) is 0 Å². The largest absolute Gasteiger partial charge is 0.416 e. The van der Waals surface area contributed by atoms with Crippen molar-refractivity contribution in [3.8, 4) is 11.1 Å². The Balaban J connectivity index is 1.67. The van der Waals surface area contributed by atoms with E-state index in [9.17, 15) is 29.2 Å². The van der Waals surface area contributed by atoms with Crippen LogP contribution in [0.5, 0.6) is 0 Å². The van der Waals surface area contributed by atoms with Gasteiger partial charge >= 0.3 is 6.18 Å². The van der Waals surface area contributed by atoms with Gasteiger partial charge in [-0.25, -0.2) is 4.39 Å². The van der Waals surface area contributed by atoms with Gasteiger partial charge in [-0.05, 0) is 85.7 Å². The van der Waals surface area contributed by atoms with Crippen LogP contribution in [0.4, 0.5) is 17.6 Å². The van der Waals surface area contributed by atoms with Crippen LogP contribution in [-0.4, -0.2) is 51.3 Å². The van der Waals surface area contributed by atoms with E-state index in [0.717, 1.165) is 28.5 Å². The van der Waals surface area contributed by atoms with E-state index < -0.39 is 89.6 Å². The number of halogens is 4. The molecular formula is C37H40F4N4O2S. The monoisotopic (exact) mass is 691 g/mol. The summed E-state index contributed by atoms with van der Waals surface area (Å²) in [5.41, 5.74) is -1.31. The molecule has 1 heterocycles. The first-order valence-corrected chi connectivity index (χ1v) is 16.2. The molecule has 0 spiro atoms. The number of alkyl halides is 3. The molecule has 1 aliphatic carbocycles. The number of carbonyl (C=O) groups is 1. The molecule has 11 heteroatoms. The third-order valence-corrected chi connectivity index (χ3v) is 8.74. The van der Waals surface area contributed by atoms with Crippen molar-refractivity contribution in [1.29, 1.82) is 0 Å². The van der Waals surface area contributed by atoms with Gasteiger partial charge in [0.1, 0.15) is 12.3 Å².